The van der Waals surface area contributed by atoms with Crippen molar-refractivity contribution >= 4 is 27.7 Å². The first-order chi connectivity index (χ1) is 12.8. The van der Waals surface area contributed by atoms with Gasteiger partial charge in [0.2, 0.25) is 5.91 Å². The number of nitrogens with zero attached hydrogens (tertiary/aromatic N) is 1. The van der Waals surface area contributed by atoms with Gasteiger partial charge in [-0.15, -0.1) is 0 Å². The average Bonchev–Trinajstić information content (AvgIpc) is 3.02. The Morgan fingerprint density at radius 3 is 2.56 bits per heavy atom. The minimum absolute atomic E-state index is 0.0884. The van der Waals surface area contributed by atoms with Gasteiger partial charge in [-0.1, -0.05) is 36.4 Å². The minimum atomic E-state index is -4.09. The molecular formula is C19H20N2O5S. The number of amides is 2. The van der Waals surface area contributed by atoms with Gasteiger partial charge in [0.1, 0.15) is 11.5 Å². The summed E-state index contributed by atoms with van der Waals surface area (Å²) in [7, 11) is -4.09. The Labute approximate surface area is 158 Å². The molecule has 2 aromatic carbocycles. The van der Waals surface area contributed by atoms with Crippen molar-refractivity contribution in [3.8, 4) is 0 Å². The van der Waals surface area contributed by atoms with Crippen LogP contribution in [0.1, 0.15) is 23.6 Å². The second-order valence-electron chi connectivity index (χ2n) is 6.37. The summed E-state index contributed by atoms with van der Waals surface area (Å²) >= 11 is 0. The van der Waals surface area contributed by atoms with Crippen molar-refractivity contribution in [3.05, 3.63) is 59.2 Å². The molecule has 1 heterocycles. The Kier molecular flexibility index (Phi) is 5.18. The second kappa shape index (κ2) is 7.40. The van der Waals surface area contributed by atoms with E-state index < -0.39 is 22.0 Å². The third-order valence-corrected chi connectivity index (χ3v) is 5.61. The first kappa shape index (κ1) is 18.9. The van der Waals surface area contributed by atoms with Crippen LogP contribution >= 0.6 is 0 Å². The summed E-state index contributed by atoms with van der Waals surface area (Å²) < 4.78 is 32.5. The van der Waals surface area contributed by atoms with Gasteiger partial charge < -0.3 is 4.74 Å². The highest BCUT2D eigenvalue weighted by atomic mass is 32.2. The summed E-state index contributed by atoms with van der Waals surface area (Å²) in [5, 5.41) is 0. The Morgan fingerprint density at radius 2 is 1.89 bits per heavy atom. The van der Waals surface area contributed by atoms with Crippen molar-refractivity contribution < 1.29 is 22.7 Å². The first-order valence-electron chi connectivity index (χ1n) is 8.43. The predicted octanol–water partition coefficient (Wildman–Crippen LogP) is 2.52. The molecule has 0 aliphatic carbocycles. The number of carbonyl (C=O) groups excluding carboxylic acids is 2. The third-order valence-electron chi connectivity index (χ3n) is 4.17. The molecule has 3 rings (SSSR count). The molecule has 0 fully saturated rings. The number of ether oxygens (including phenoxy) is 1. The molecule has 2 aromatic rings. The highest BCUT2D eigenvalue weighted by molar-refractivity contribution is 7.90. The molecule has 2 amide bonds. The lowest BCUT2D eigenvalue weighted by Gasteiger charge is -2.20. The van der Waals surface area contributed by atoms with E-state index in [9.17, 15) is 18.0 Å². The smallest absolute Gasteiger partial charge is 0.414 e. The van der Waals surface area contributed by atoms with Gasteiger partial charge in [0.15, 0.2) is 0 Å². The van der Waals surface area contributed by atoms with Crippen LogP contribution in [-0.4, -0.2) is 27.0 Å². The molecule has 0 spiro atoms. The molecule has 7 nitrogen and oxygen atoms in total. The molecule has 0 saturated heterocycles. The maximum atomic E-state index is 12.6. The molecule has 0 aromatic heterocycles. The molecule has 142 valence electrons. The van der Waals surface area contributed by atoms with Gasteiger partial charge in [-0.25, -0.2) is 17.9 Å². The fourth-order valence-electron chi connectivity index (χ4n) is 3.09. The van der Waals surface area contributed by atoms with Crippen LogP contribution in [0.25, 0.3) is 0 Å². The number of carbonyl (C=O) groups is 2. The highest BCUT2D eigenvalue weighted by Gasteiger charge is 2.33. The number of hydrogen-bond donors (Lipinski definition) is 1. The molecule has 0 saturated carbocycles. The molecule has 0 radical (unpaired) electrons. The standard InChI is InChI=1S/C19H20N2O5S/c1-13-10-16-8-9-21(19(23)26-12-15-6-4-3-5-7-15)18(16)17(11-13)27(24,25)20-14(2)22/h3-7,10-11H,8-9,12H2,1-2H3,(H,20,22). The zero-order valence-electron chi connectivity index (χ0n) is 15.1. The maximum Gasteiger partial charge on any atom is 0.414 e. The monoisotopic (exact) mass is 388 g/mol. The van der Waals surface area contributed by atoms with E-state index in [-0.39, 0.29) is 17.2 Å². The lowest BCUT2D eigenvalue weighted by Crippen LogP contribution is -2.33. The number of benzene rings is 2. The summed E-state index contributed by atoms with van der Waals surface area (Å²) in [6.45, 7) is 3.29. The van der Waals surface area contributed by atoms with Gasteiger partial charge in [-0.3, -0.25) is 9.69 Å². The zero-order chi connectivity index (χ0) is 19.6. The van der Waals surface area contributed by atoms with E-state index in [1.807, 2.05) is 41.1 Å². The lowest BCUT2D eigenvalue weighted by molar-refractivity contribution is -0.117. The van der Waals surface area contributed by atoms with Gasteiger partial charge in [-0.2, -0.15) is 0 Å². The number of aryl methyl sites for hydroxylation is 1. The number of sulfonamides is 1. The number of nitrogens with one attached hydrogen (secondary N) is 1. The molecule has 0 unspecified atom stereocenters. The van der Waals surface area contributed by atoms with E-state index in [2.05, 4.69) is 0 Å². The SMILES string of the molecule is CC(=O)NS(=O)(=O)c1cc(C)cc2c1N(C(=O)OCc1ccccc1)CC2. The van der Waals surface area contributed by atoms with Crippen molar-refractivity contribution in [1.82, 2.24) is 4.72 Å². The number of fused-ring (bicyclic) bond motifs is 1. The lowest BCUT2D eigenvalue weighted by atomic mass is 10.1. The average molecular weight is 388 g/mol. The molecule has 27 heavy (non-hydrogen) atoms. The molecule has 0 atom stereocenters. The molecule has 8 heteroatoms. The van der Waals surface area contributed by atoms with Crippen molar-refractivity contribution in [1.29, 1.82) is 0 Å². The summed E-state index contributed by atoms with van der Waals surface area (Å²) in [5.41, 5.74) is 2.57. The molecule has 1 aliphatic rings. The van der Waals surface area contributed by atoms with E-state index in [0.29, 0.717) is 13.0 Å². The van der Waals surface area contributed by atoms with Crippen molar-refractivity contribution in [3.63, 3.8) is 0 Å². The summed E-state index contributed by atoms with van der Waals surface area (Å²) in [6.07, 6.45) is -0.110. The van der Waals surface area contributed by atoms with E-state index >= 15 is 0 Å². The largest absolute Gasteiger partial charge is 0.444 e. The van der Waals surface area contributed by atoms with E-state index in [1.54, 1.807) is 6.92 Å². The van der Waals surface area contributed by atoms with E-state index in [0.717, 1.165) is 23.6 Å². The summed E-state index contributed by atoms with van der Waals surface area (Å²) in [5.74, 6) is -0.693. The van der Waals surface area contributed by atoms with Crippen LogP contribution in [0.3, 0.4) is 0 Å². The van der Waals surface area contributed by atoms with Crippen molar-refractivity contribution in [2.75, 3.05) is 11.4 Å². The molecule has 1 N–H and O–H groups in total. The van der Waals surface area contributed by atoms with E-state index in [4.69, 9.17) is 4.74 Å². The van der Waals surface area contributed by atoms with Gasteiger partial charge in [0.25, 0.3) is 10.0 Å². The van der Waals surface area contributed by atoms with E-state index in [1.165, 1.54) is 11.0 Å². The predicted molar refractivity (Wildman–Crippen MR) is 99.9 cm³/mol. The van der Waals surface area contributed by atoms with Crippen LogP contribution in [0.15, 0.2) is 47.4 Å². The van der Waals surface area contributed by atoms with Crippen LogP contribution in [0.2, 0.25) is 0 Å². The summed E-state index contributed by atoms with van der Waals surface area (Å²) in [6, 6.07) is 12.5. The molecule has 0 bridgehead atoms. The van der Waals surface area contributed by atoms with Crippen molar-refractivity contribution in [2.45, 2.75) is 31.8 Å². The van der Waals surface area contributed by atoms with Gasteiger partial charge >= 0.3 is 6.09 Å². The minimum Gasteiger partial charge on any atom is -0.444 e. The first-order valence-corrected chi connectivity index (χ1v) is 9.91. The normalized spacial score (nSPS) is 13.2. The highest BCUT2D eigenvalue weighted by Crippen LogP contribution is 2.36. The maximum absolute atomic E-state index is 12.6. The topological polar surface area (TPSA) is 92.8 Å². The Bertz CT molecular complexity index is 987. The Balaban J connectivity index is 1.91. The number of rotatable bonds is 4. The fourth-order valence-corrected chi connectivity index (χ4v) is 4.41. The third kappa shape index (κ3) is 4.11. The van der Waals surface area contributed by atoms with Crippen molar-refractivity contribution in [2.24, 2.45) is 0 Å². The Hall–Kier alpha value is -2.87. The quantitative estimate of drug-likeness (QED) is 0.869. The van der Waals surface area contributed by atoms with Crippen LogP contribution in [0, 0.1) is 6.92 Å². The van der Waals surface area contributed by atoms with Crippen LogP contribution in [0.5, 0.6) is 0 Å². The van der Waals surface area contributed by atoms with Gasteiger partial charge in [0, 0.05) is 13.5 Å². The van der Waals surface area contributed by atoms with Crippen LogP contribution < -0.4 is 9.62 Å². The molecular weight excluding hydrogens is 368 g/mol. The van der Waals surface area contributed by atoms with Crippen LogP contribution in [-0.2, 0) is 32.6 Å². The molecule has 1 aliphatic heterocycles. The van der Waals surface area contributed by atoms with Crippen LogP contribution in [0.4, 0.5) is 10.5 Å². The fraction of sp³-hybridized carbons (Fsp3) is 0.263. The number of anilines is 1. The number of hydrogen-bond acceptors (Lipinski definition) is 5. The van der Waals surface area contributed by atoms with Gasteiger partial charge in [-0.05, 0) is 36.1 Å². The summed E-state index contributed by atoms with van der Waals surface area (Å²) in [4.78, 5) is 25.1. The zero-order valence-corrected chi connectivity index (χ0v) is 15.9. The Morgan fingerprint density at radius 1 is 1.19 bits per heavy atom. The van der Waals surface area contributed by atoms with Gasteiger partial charge in [0.05, 0.1) is 5.69 Å². The second-order valence-corrected chi connectivity index (χ2v) is 8.03.